The van der Waals surface area contributed by atoms with Crippen LogP contribution in [0.4, 0.5) is 0 Å². The molecule has 2 heteroatoms. The van der Waals surface area contributed by atoms with E-state index < -0.39 is 0 Å². The molecule has 0 spiro atoms. The van der Waals surface area contributed by atoms with Crippen LogP contribution in [0, 0.1) is 13.8 Å². The van der Waals surface area contributed by atoms with E-state index in [4.69, 9.17) is 9.47 Å². The predicted octanol–water partition coefficient (Wildman–Crippen LogP) is 4.10. The molecule has 0 saturated carbocycles. The van der Waals surface area contributed by atoms with Crippen LogP contribution < -0.4 is 9.47 Å². The fourth-order valence-corrected chi connectivity index (χ4v) is 1.76. The van der Waals surface area contributed by atoms with E-state index in [-0.39, 0.29) is 0 Å². The topological polar surface area (TPSA) is 18.5 Å². The Balaban J connectivity index is 2.37. The van der Waals surface area contributed by atoms with Crippen LogP contribution in [0.2, 0.25) is 0 Å². The van der Waals surface area contributed by atoms with Gasteiger partial charge in [0.2, 0.25) is 0 Å². The van der Waals surface area contributed by atoms with Crippen LogP contribution in [0.15, 0.2) is 42.5 Å². The molecule has 0 aliphatic rings. The van der Waals surface area contributed by atoms with Crippen molar-refractivity contribution in [2.75, 3.05) is 7.11 Å². The maximum Gasteiger partial charge on any atom is 0.169 e. The minimum absolute atomic E-state index is 0.752. The molecule has 0 fully saturated rings. The number of hydrogen-bond donors (Lipinski definition) is 0. The Kier molecular flexibility index (Phi) is 3.33. The van der Waals surface area contributed by atoms with E-state index in [1.807, 2.05) is 56.3 Å². The van der Waals surface area contributed by atoms with E-state index in [9.17, 15) is 0 Å². The third-order valence-electron chi connectivity index (χ3n) is 2.69. The van der Waals surface area contributed by atoms with E-state index in [0.29, 0.717) is 0 Å². The zero-order valence-corrected chi connectivity index (χ0v) is 10.4. The van der Waals surface area contributed by atoms with Gasteiger partial charge in [0.1, 0.15) is 5.75 Å². The standard InChI is InChI=1S/C15H16O2/c1-11-7-4-5-9-13(11)17-14-10-6-8-12(2)15(14)16-3/h4-10H,1-3H3. The van der Waals surface area contributed by atoms with Gasteiger partial charge in [0.05, 0.1) is 7.11 Å². The number of para-hydroxylation sites is 2. The summed E-state index contributed by atoms with van der Waals surface area (Å²) in [6.07, 6.45) is 0. The Morgan fingerprint density at radius 3 is 2.12 bits per heavy atom. The zero-order chi connectivity index (χ0) is 12.3. The number of hydrogen-bond acceptors (Lipinski definition) is 2. The van der Waals surface area contributed by atoms with Gasteiger partial charge in [-0.15, -0.1) is 0 Å². The summed E-state index contributed by atoms with van der Waals surface area (Å²) in [5.74, 6) is 2.40. The Bertz CT molecular complexity index is 518. The highest BCUT2D eigenvalue weighted by atomic mass is 16.5. The lowest BCUT2D eigenvalue weighted by atomic mass is 10.2. The number of aryl methyl sites for hydroxylation is 2. The molecule has 0 radical (unpaired) electrons. The van der Waals surface area contributed by atoms with Gasteiger partial charge in [-0.05, 0) is 37.1 Å². The minimum atomic E-state index is 0.752. The monoisotopic (exact) mass is 228 g/mol. The molecule has 0 heterocycles. The SMILES string of the molecule is COc1c(C)cccc1Oc1ccccc1C. The van der Waals surface area contributed by atoms with Crippen molar-refractivity contribution in [3.8, 4) is 17.2 Å². The van der Waals surface area contributed by atoms with Gasteiger partial charge in [-0.2, -0.15) is 0 Å². The molecule has 2 nitrogen and oxygen atoms in total. The van der Waals surface area contributed by atoms with E-state index in [0.717, 1.165) is 28.4 Å². The number of rotatable bonds is 3. The van der Waals surface area contributed by atoms with Crippen LogP contribution in [0.5, 0.6) is 17.2 Å². The molecule has 0 aliphatic heterocycles. The van der Waals surface area contributed by atoms with Crippen molar-refractivity contribution in [2.45, 2.75) is 13.8 Å². The van der Waals surface area contributed by atoms with E-state index in [1.54, 1.807) is 7.11 Å². The Hall–Kier alpha value is -1.96. The second-order valence-corrected chi connectivity index (χ2v) is 3.97. The number of benzene rings is 2. The molecule has 0 atom stereocenters. The highest BCUT2D eigenvalue weighted by molar-refractivity contribution is 5.48. The maximum atomic E-state index is 5.89. The summed E-state index contributed by atoms with van der Waals surface area (Å²) in [7, 11) is 1.66. The molecule has 0 aromatic heterocycles. The van der Waals surface area contributed by atoms with E-state index >= 15 is 0 Å². The lowest BCUT2D eigenvalue weighted by Gasteiger charge is -2.13. The van der Waals surface area contributed by atoms with Crippen molar-refractivity contribution in [2.24, 2.45) is 0 Å². The van der Waals surface area contributed by atoms with Crippen molar-refractivity contribution < 1.29 is 9.47 Å². The lowest BCUT2D eigenvalue weighted by molar-refractivity contribution is 0.375. The van der Waals surface area contributed by atoms with Gasteiger partial charge in [0, 0.05) is 0 Å². The van der Waals surface area contributed by atoms with Crippen molar-refractivity contribution in [1.29, 1.82) is 0 Å². The normalized spacial score (nSPS) is 10.1. The predicted molar refractivity (Wildman–Crippen MR) is 69.0 cm³/mol. The summed E-state index contributed by atoms with van der Waals surface area (Å²) >= 11 is 0. The van der Waals surface area contributed by atoms with Crippen LogP contribution in [0.25, 0.3) is 0 Å². The maximum absolute atomic E-state index is 5.89. The molecule has 0 aliphatic carbocycles. The first-order valence-electron chi connectivity index (χ1n) is 5.59. The molecule has 2 aromatic carbocycles. The summed E-state index contributed by atoms with van der Waals surface area (Å²) in [6, 6.07) is 13.8. The first-order chi connectivity index (χ1) is 8.22. The lowest BCUT2D eigenvalue weighted by Crippen LogP contribution is -1.93. The molecule has 0 bridgehead atoms. The van der Waals surface area contributed by atoms with Crippen molar-refractivity contribution in [3.05, 3.63) is 53.6 Å². The molecular formula is C15H16O2. The molecule has 0 saturated heterocycles. The van der Waals surface area contributed by atoms with Crippen molar-refractivity contribution in [3.63, 3.8) is 0 Å². The summed E-state index contributed by atoms with van der Waals surface area (Å²) in [5, 5.41) is 0. The van der Waals surface area contributed by atoms with Gasteiger partial charge >= 0.3 is 0 Å². The average molecular weight is 228 g/mol. The van der Waals surface area contributed by atoms with E-state index in [1.165, 1.54) is 0 Å². The highest BCUT2D eigenvalue weighted by Crippen LogP contribution is 2.34. The third kappa shape index (κ3) is 2.41. The van der Waals surface area contributed by atoms with Crippen LogP contribution >= 0.6 is 0 Å². The quantitative estimate of drug-likeness (QED) is 0.787. The average Bonchev–Trinajstić information content (AvgIpc) is 2.32. The molecule has 2 rings (SSSR count). The molecule has 88 valence electrons. The molecular weight excluding hydrogens is 212 g/mol. The second kappa shape index (κ2) is 4.91. The molecule has 0 unspecified atom stereocenters. The Morgan fingerprint density at radius 1 is 0.765 bits per heavy atom. The third-order valence-corrected chi connectivity index (χ3v) is 2.69. The second-order valence-electron chi connectivity index (χ2n) is 3.97. The van der Waals surface area contributed by atoms with Gasteiger partial charge in [-0.1, -0.05) is 30.3 Å². The summed E-state index contributed by atoms with van der Waals surface area (Å²) in [4.78, 5) is 0. The summed E-state index contributed by atoms with van der Waals surface area (Å²) in [6.45, 7) is 4.03. The highest BCUT2D eigenvalue weighted by Gasteiger charge is 2.08. The number of ether oxygens (including phenoxy) is 2. The van der Waals surface area contributed by atoms with Gasteiger partial charge in [-0.25, -0.2) is 0 Å². The van der Waals surface area contributed by atoms with E-state index in [2.05, 4.69) is 0 Å². The van der Waals surface area contributed by atoms with Crippen LogP contribution in [-0.4, -0.2) is 7.11 Å². The van der Waals surface area contributed by atoms with Gasteiger partial charge < -0.3 is 9.47 Å². The van der Waals surface area contributed by atoms with Gasteiger partial charge in [0.25, 0.3) is 0 Å². The summed E-state index contributed by atoms with van der Waals surface area (Å²) < 4.78 is 11.3. The molecule has 17 heavy (non-hydrogen) atoms. The van der Waals surface area contributed by atoms with Crippen molar-refractivity contribution >= 4 is 0 Å². The smallest absolute Gasteiger partial charge is 0.169 e. The minimum Gasteiger partial charge on any atom is -0.493 e. The molecule has 0 amide bonds. The van der Waals surface area contributed by atoms with Crippen LogP contribution in [0.1, 0.15) is 11.1 Å². The van der Waals surface area contributed by atoms with Crippen LogP contribution in [-0.2, 0) is 0 Å². The largest absolute Gasteiger partial charge is 0.493 e. The summed E-state index contributed by atoms with van der Waals surface area (Å²) in [5.41, 5.74) is 2.18. The first kappa shape index (κ1) is 11.5. The fraction of sp³-hybridized carbons (Fsp3) is 0.200. The Labute approximate surface area is 102 Å². The number of methoxy groups -OCH3 is 1. The molecule has 2 aromatic rings. The van der Waals surface area contributed by atoms with Gasteiger partial charge in [-0.3, -0.25) is 0 Å². The van der Waals surface area contributed by atoms with Crippen LogP contribution in [0.3, 0.4) is 0 Å². The van der Waals surface area contributed by atoms with Crippen molar-refractivity contribution in [1.82, 2.24) is 0 Å². The first-order valence-corrected chi connectivity index (χ1v) is 5.59. The fourth-order valence-electron chi connectivity index (χ4n) is 1.76. The zero-order valence-electron chi connectivity index (χ0n) is 10.4. The molecule has 0 N–H and O–H groups in total. The Morgan fingerprint density at radius 2 is 1.41 bits per heavy atom. The van der Waals surface area contributed by atoms with Gasteiger partial charge in [0.15, 0.2) is 11.5 Å².